The third kappa shape index (κ3) is 3.68. The molecule has 6 heteroatoms. The van der Waals surface area contributed by atoms with Crippen molar-refractivity contribution >= 4 is 29.1 Å². The van der Waals surface area contributed by atoms with E-state index in [1.165, 1.54) is 0 Å². The molecule has 1 heterocycles. The Hall–Kier alpha value is -3.15. The van der Waals surface area contributed by atoms with Crippen LogP contribution in [0.15, 0.2) is 48.5 Å². The first-order chi connectivity index (χ1) is 11.9. The molecule has 0 aromatic heterocycles. The Morgan fingerprint density at radius 3 is 2.52 bits per heavy atom. The van der Waals surface area contributed by atoms with Gasteiger partial charge >= 0.3 is 0 Å². The van der Waals surface area contributed by atoms with Crippen molar-refractivity contribution in [3.05, 3.63) is 59.7 Å². The quantitative estimate of drug-likeness (QED) is 0.894. The van der Waals surface area contributed by atoms with Crippen molar-refractivity contribution in [3.8, 4) is 0 Å². The molecule has 2 aromatic rings. The lowest BCUT2D eigenvalue weighted by molar-refractivity contribution is -0.122. The summed E-state index contributed by atoms with van der Waals surface area (Å²) in [7, 11) is 0. The fraction of sp³-hybridized carbons (Fsp3) is 0.211. The summed E-state index contributed by atoms with van der Waals surface area (Å²) in [5, 5.41) is 2.78. The molecule has 3 amide bonds. The minimum Gasteiger partial charge on any atom is -0.366 e. The van der Waals surface area contributed by atoms with Crippen LogP contribution in [0, 0.1) is 12.8 Å². The van der Waals surface area contributed by atoms with Crippen LogP contribution in [0.25, 0.3) is 0 Å². The molecule has 0 saturated carbocycles. The van der Waals surface area contributed by atoms with Gasteiger partial charge in [0.25, 0.3) is 0 Å². The van der Waals surface area contributed by atoms with Gasteiger partial charge in [-0.2, -0.15) is 0 Å². The molecule has 0 unspecified atom stereocenters. The van der Waals surface area contributed by atoms with Gasteiger partial charge in [-0.05, 0) is 48.9 Å². The number of hydrogen-bond acceptors (Lipinski definition) is 3. The van der Waals surface area contributed by atoms with Gasteiger partial charge in [0.1, 0.15) is 0 Å². The van der Waals surface area contributed by atoms with Crippen LogP contribution >= 0.6 is 0 Å². The normalized spacial score (nSPS) is 16.8. The monoisotopic (exact) mass is 337 g/mol. The molecule has 0 spiro atoms. The highest BCUT2D eigenvalue weighted by molar-refractivity contribution is 6.03. The lowest BCUT2D eigenvalue weighted by atomic mass is 10.1. The third-order valence-corrected chi connectivity index (χ3v) is 4.25. The van der Waals surface area contributed by atoms with E-state index in [-0.39, 0.29) is 18.2 Å². The van der Waals surface area contributed by atoms with Crippen molar-refractivity contribution in [2.45, 2.75) is 13.3 Å². The number of primary amides is 1. The van der Waals surface area contributed by atoms with Gasteiger partial charge in [-0.15, -0.1) is 0 Å². The average molecular weight is 337 g/mol. The zero-order valence-corrected chi connectivity index (χ0v) is 13.9. The Morgan fingerprint density at radius 1 is 1.16 bits per heavy atom. The summed E-state index contributed by atoms with van der Waals surface area (Å²) in [4.78, 5) is 37.4. The molecule has 3 rings (SSSR count). The lowest BCUT2D eigenvalue weighted by Crippen LogP contribution is -2.28. The molecule has 2 aromatic carbocycles. The molecule has 1 saturated heterocycles. The number of hydrogen-bond donors (Lipinski definition) is 2. The Labute approximate surface area is 145 Å². The average Bonchev–Trinajstić information content (AvgIpc) is 2.97. The minimum absolute atomic E-state index is 0.0603. The van der Waals surface area contributed by atoms with E-state index in [0.717, 1.165) is 11.3 Å². The van der Waals surface area contributed by atoms with Crippen LogP contribution in [-0.4, -0.2) is 24.3 Å². The fourth-order valence-corrected chi connectivity index (χ4v) is 2.89. The van der Waals surface area contributed by atoms with E-state index >= 15 is 0 Å². The van der Waals surface area contributed by atoms with Crippen LogP contribution in [-0.2, 0) is 9.59 Å². The molecule has 25 heavy (non-hydrogen) atoms. The van der Waals surface area contributed by atoms with Gasteiger partial charge in [0.15, 0.2) is 0 Å². The van der Waals surface area contributed by atoms with Gasteiger partial charge in [0, 0.05) is 29.9 Å². The number of aryl methyl sites for hydroxylation is 1. The van der Waals surface area contributed by atoms with Crippen LogP contribution in [0.4, 0.5) is 11.4 Å². The second-order valence-corrected chi connectivity index (χ2v) is 6.18. The van der Waals surface area contributed by atoms with E-state index in [1.54, 1.807) is 29.2 Å². The number of nitrogens with two attached hydrogens (primary N) is 1. The molecule has 1 aliphatic rings. The number of carbonyl (C=O) groups excluding carboxylic acids is 3. The SMILES string of the molecule is Cc1cccc(N2C[C@@H](C(=O)Nc3ccc(C(N)=O)cc3)CC2=O)c1. The first kappa shape index (κ1) is 16.7. The Bertz CT molecular complexity index is 830. The topological polar surface area (TPSA) is 92.5 Å². The van der Waals surface area contributed by atoms with Gasteiger partial charge in [0.2, 0.25) is 17.7 Å². The summed E-state index contributed by atoms with van der Waals surface area (Å²) in [5.41, 5.74) is 8.01. The number of nitrogens with zero attached hydrogens (tertiary/aromatic N) is 1. The summed E-state index contributed by atoms with van der Waals surface area (Å²) in [6.07, 6.45) is 0.180. The molecule has 1 atom stereocenters. The third-order valence-electron chi connectivity index (χ3n) is 4.25. The van der Waals surface area contributed by atoms with Crippen molar-refractivity contribution in [2.75, 3.05) is 16.8 Å². The van der Waals surface area contributed by atoms with Crippen LogP contribution in [0.2, 0.25) is 0 Å². The second-order valence-electron chi connectivity index (χ2n) is 6.18. The van der Waals surface area contributed by atoms with Crippen molar-refractivity contribution in [1.82, 2.24) is 0 Å². The van der Waals surface area contributed by atoms with Crippen molar-refractivity contribution in [2.24, 2.45) is 11.7 Å². The van der Waals surface area contributed by atoms with Gasteiger partial charge < -0.3 is 16.0 Å². The van der Waals surface area contributed by atoms with E-state index in [9.17, 15) is 14.4 Å². The predicted molar refractivity (Wildman–Crippen MR) is 95.2 cm³/mol. The Kier molecular flexibility index (Phi) is 4.52. The largest absolute Gasteiger partial charge is 0.366 e. The van der Waals surface area contributed by atoms with Crippen LogP contribution in [0.1, 0.15) is 22.3 Å². The van der Waals surface area contributed by atoms with Gasteiger partial charge in [-0.1, -0.05) is 12.1 Å². The van der Waals surface area contributed by atoms with Crippen molar-refractivity contribution in [3.63, 3.8) is 0 Å². The van der Waals surface area contributed by atoms with Crippen molar-refractivity contribution in [1.29, 1.82) is 0 Å². The number of carbonyl (C=O) groups is 3. The number of nitrogens with one attached hydrogen (secondary N) is 1. The summed E-state index contributed by atoms with van der Waals surface area (Å²) in [6.45, 7) is 2.32. The maximum atomic E-state index is 12.4. The molecule has 0 radical (unpaired) electrons. The maximum absolute atomic E-state index is 12.4. The van der Waals surface area contributed by atoms with Crippen LogP contribution < -0.4 is 16.0 Å². The van der Waals surface area contributed by atoms with Crippen LogP contribution in [0.5, 0.6) is 0 Å². The first-order valence-electron chi connectivity index (χ1n) is 8.02. The zero-order chi connectivity index (χ0) is 18.0. The molecular formula is C19H19N3O3. The number of benzene rings is 2. The second kappa shape index (κ2) is 6.76. The molecule has 0 aliphatic carbocycles. The fourth-order valence-electron chi connectivity index (χ4n) is 2.89. The van der Waals surface area contributed by atoms with Gasteiger partial charge in [-0.3, -0.25) is 14.4 Å². The molecule has 128 valence electrons. The number of rotatable bonds is 4. The number of amides is 3. The molecule has 0 bridgehead atoms. The summed E-state index contributed by atoms with van der Waals surface area (Å²) in [6, 6.07) is 14.0. The van der Waals surface area contributed by atoms with Crippen molar-refractivity contribution < 1.29 is 14.4 Å². The lowest BCUT2D eigenvalue weighted by Gasteiger charge is -2.17. The van der Waals surface area contributed by atoms with E-state index < -0.39 is 11.8 Å². The van der Waals surface area contributed by atoms with Crippen LogP contribution in [0.3, 0.4) is 0 Å². The maximum Gasteiger partial charge on any atom is 0.248 e. The van der Waals surface area contributed by atoms with E-state index in [4.69, 9.17) is 5.73 Å². The van der Waals surface area contributed by atoms with Gasteiger partial charge in [-0.25, -0.2) is 0 Å². The van der Waals surface area contributed by atoms with E-state index in [1.807, 2.05) is 31.2 Å². The molecule has 1 fully saturated rings. The highest BCUT2D eigenvalue weighted by atomic mass is 16.2. The number of anilines is 2. The summed E-state index contributed by atoms with van der Waals surface area (Å²) < 4.78 is 0. The zero-order valence-electron chi connectivity index (χ0n) is 13.9. The highest BCUT2D eigenvalue weighted by Gasteiger charge is 2.35. The van der Waals surface area contributed by atoms with E-state index in [0.29, 0.717) is 17.8 Å². The standard InChI is InChI=1S/C19H19N3O3/c1-12-3-2-4-16(9-12)22-11-14(10-17(22)23)19(25)21-15-7-5-13(6-8-15)18(20)24/h2-9,14H,10-11H2,1H3,(H2,20,24)(H,21,25)/t14-/m0/s1. The molecule has 1 aliphatic heterocycles. The molecule has 3 N–H and O–H groups in total. The summed E-state index contributed by atoms with van der Waals surface area (Å²) >= 11 is 0. The Morgan fingerprint density at radius 2 is 1.88 bits per heavy atom. The highest BCUT2D eigenvalue weighted by Crippen LogP contribution is 2.26. The predicted octanol–water partition coefficient (Wildman–Crippen LogP) is 2.09. The first-order valence-corrected chi connectivity index (χ1v) is 8.02. The summed E-state index contributed by atoms with van der Waals surface area (Å²) in [5.74, 6) is -1.21. The molecular weight excluding hydrogens is 318 g/mol. The van der Waals surface area contributed by atoms with Gasteiger partial charge in [0.05, 0.1) is 5.92 Å². The smallest absolute Gasteiger partial charge is 0.248 e. The minimum atomic E-state index is -0.520. The van der Waals surface area contributed by atoms with E-state index in [2.05, 4.69) is 5.32 Å². The Balaban J connectivity index is 1.67. The molecule has 6 nitrogen and oxygen atoms in total.